The van der Waals surface area contributed by atoms with Gasteiger partial charge in [0.15, 0.2) is 5.60 Å². The first-order chi connectivity index (χ1) is 13.7. The minimum absolute atomic E-state index is 0.0585. The SMILES string of the molecule is CCC1(O)C(=O)OCc2c1cc1n(c2=O)Cc2cc3c(nc2-1)C=CC(C)(C)C=C3. The van der Waals surface area contributed by atoms with Crippen molar-refractivity contribution in [2.75, 3.05) is 0 Å². The Hall–Kier alpha value is -2.99. The number of pyridine rings is 2. The molecule has 0 saturated heterocycles. The Morgan fingerprint density at radius 2 is 1.97 bits per heavy atom. The Bertz CT molecular complexity index is 1200. The zero-order valence-electron chi connectivity index (χ0n) is 16.7. The van der Waals surface area contributed by atoms with Gasteiger partial charge in [0.25, 0.3) is 5.56 Å². The Labute approximate surface area is 168 Å². The highest BCUT2D eigenvalue weighted by Gasteiger charge is 2.45. The van der Waals surface area contributed by atoms with Crippen LogP contribution < -0.4 is 5.56 Å². The smallest absolute Gasteiger partial charge is 0.343 e. The van der Waals surface area contributed by atoms with Crippen LogP contribution in [-0.2, 0) is 28.3 Å². The summed E-state index contributed by atoms with van der Waals surface area (Å²) < 4.78 is 6.76. The van der Waals surface area contributed by atoms with E-state index in [1.807, 2.05) is 6.08 Å². The molecule has 0 fully saturated rings. The van der Waals surface area contributed by atoms with Crippen molar-refractivity contribution in [1.29, 1.82) is 0 Å². The van der Waals surface area contributed by atoms with Crippen LogP contribution >= 0.6 is 0 Å². The lowest BCUT2D eigenvalue weighted by Crippen LogP contribution is -2.44. The number of hydrogen-bond acceptors (Lipinski definition) is 5. The standard InChI is InChI=1S/C23H22N2O4/c1-4-23(28)16-10-18-19-14(11-25(18)20(26)15(16)12-29-21(23)27)9-13-5-7-22(2,3)8-6-17(13)24-19/h5-10,28H,4,11-12H2,1-3H3. The average molecular weight is 390 g/mol. The third kappa shape index (κ3) is 2.48. The molecular weight excluding hydrogens is 368 g/mol. The predicted molar refractivity (Wildman–Crippen MR) is 109 cm³/mol. The van der Waals surface area contributed by atoms with Gasteiger partial charge in [0.1, 0.15) is 6.61 Å². The summed E-state index contributed by atoms with van der Waals surface area (Å²) in [5, 5.41) is 10.9. The van der Waals surface area contributed by atoms with E-state index in [1.165, 1.54) is 0 Å². The second kappa shape index (κ2) is 5.76. The maximum Gasteiger partial charge on any atom is 0.343 e. The van der Waals surface area contributed by atoms with Gasteiger partial charge in [-0.2, -0.15) is 0 Å². The second-order valence-electron chi connectivity index (χ2n) is 8.56. The predicted octanol–water partition coefficient (Wildman–Crippen LogP) is 2.99. The van der Waals surface area contributed by atoms with Crippen molar-refractivity contribution in [1.82, 2.24) is 9.55 Å². The molecule has 1 atom stereocenters. The summed E-state index contributed by atoms with van der Waals surface area (Å²) in [6.45, 7) is 6.26. The Morgan fingerprint density at radius 3 is 2.72 bits per heavy atom. The summed E-state index contributed by atoms with van der Waals surface area (Å²) in [5.41, 5.74) is 2.75. The molecule has 1 unspecified atom stereocenters. The van der Waals surface area contributed by atoms with Crippen LogP contribution in [0.15, 0.2) is 29.1 Å². The van der Waals surface area contributed by atoms with E-state index < -0.39 is 11.6 Å². The lowest BCUT2D eigenvalue weighted by molar-refractivity contribution is -0.172. The second-order valence-corrected chi connectivity index (χ2v) is 8.56. The molecule has 1 N–H and O–H groups in total. The molecule has 5 rings (SSSR count). The quantitative estimate of drug-likeness (QED) is 0.646. The maximum atomic E-state index is 13.2. The molecule has 6 nitrogen and oxygen atoms in total. The van der Waals surface area contributed by atoms with Crippen LogP contribution in [0, 0.1) is 5.41 Å². The maximum absolute atomic E-state index is 13.2. The van der Waals surface area contributed by atoms with E-state index in [9.17, 15) is 14.7 Å². The summed E-state index contributed by atoms with van der Waals surface area (Å²) in [6, 6.07) is 3.81. The number of rotatable bonds is 1. The monoisotopic (exact) mass is 390 g/mol. The zero-order valence-corrected chi connectivity index (χ0v) is 16.7. The van der Waals surface area contributed by atoms with Crippen LogP contribution in [0.1, 0.15) is 55.1 Å². The van der Waals surface area contributed by atoms with Crippen LogP contribution in [0.3, 0.4) is 0 Å². The van der Waals surface area contributed by atoms with E-state index in [-0.39, 0.29) is 24.0 Å². The Morgan fingerprint density at radius 1 is 1.21 bits per heavy atom. The molecule has 0 bridgehead atoms. The van der Waals surface area contributed by atoms with E-state index in [0.29, 0.717) is 23.4 Å². The summed E-state index contributed by atoms with van der Waals surface area (Å²) in [7, 11) is 0. The fraction of sp³-hybridized carbons (Fsp3) is 0.348. The van der Waals surface area contributed by atoms with E-state index in [4.69, 9.17) is 9.72 Å². The average Bonchev–Trinajstić information content (AvgIpc) is 2.98. The minimum Gasteiger partial charge on any atom is -0.458 e. The first kappa shape index (κ1) is 18.1. The number of fused-ring (bicyclic) bond motifs is 5. The van der Waals surface area contributed by atoms with E-state index in [1.54, 1.807) is 17.6 Å². The highest BCUT2D eigenvalue weighted by atomic mass is 16.6. The van der Waals surface area contributed by atoms with Crippen molar-refractivity contribution < 1.29 is 14.6 Å². The number of nitrogens with zero attached hydrogens (tertiary/aromatic N) is 2. The van der Waals surface area contributed by atoms with Crippen molar-refractivity contribution in [3.63, 3.8) is 0 Å². The number of carbonyl (C=O) groups excluding carboxylic acids is 1. The lowest BCUT2D eigenvalue weighted by atomic mass is 9.86. The van der Waals surface area contributed by atoms with Crippen LogP contribution in [0.2, 0.25) is 0 Å². The number of aromatic nitrogens is 2. The number of esters is 1. The molecule has 0 spiro atoms. The molecule has 2 aromatic heterocycles. The third-order valence-corrected chi connectivity index (χ3v) is 6.14. The molecule has 0 radical (unpaired) electrons. The normalized spacial score (nSPS) is 23.0. The number of cyclic esters (lactones) is 1. The van der Waals surface area contributed by atoms with Crippen molar-refractivity contribution in [2.24, 2.45) is 5.41 Å². The molecule has 0 aromatic carbocycles. The van der Waals surface area contributed by atoms with Gasteiger partial charge >= 0.3 is 5.97 Å². The number of hydrogen-bond donors (Lipinski definition) is 1. The molecule has 29 heavy (non-hydrogen) atoms. The number of aliphatic hydroxyl groups is 1. The van der Waals surface area contributed by atoms with Crippen LogP contribution in [0.4, 0.5) is 0 Å². The molecule has 0 saturated carbocycles. The molecule has 6 heteroatoms. The number of ether oxygens (including phenoxy) is 1. The summed E-state index contributed by atoms with van der Waals surface area (Å²) >= 11 is 0. The van der Waals surface area contributed by atoms with Gasteiger partial charge in [-0.25, -0.2) is 9.78 Å². The first-order valence-corrected chi connectivity index (χ1v) is 9.83. The summed E-state index contributed by atoms with van der Waals surface area (Å²) in [4.78, 5) is 30.2. The zero-order chi connectivity index (χ0) is 20.6. The van der Waals surface area contributed by atoms with Crippen molar-refractivity contribution >= 4 is 18.1 Å². The molecule has 1 aliphatic carbocycles. The lowest BCUT2D eigenvalue weighted by Gasteiger charge is -2.31. The highest BCUT2D eigenvalue weighted by molar-refractivity contribution is 5.84. The van der Waals surface area contributed by atoms with Gasteiger partial charge in [-0.1, -0.05) is 39.0 Å². The first-order valence-electron chi connectivity index (χ1n) is 9.83. The van der Waals surface area contributed by atoms with Crippen molar-refractivity contribution in [2.45, 2.75) is 45.9 Å². The molecule has 2 aromatic rings. The molecule has 2 aliphatic heterocycles. The van der Waals surface area contributed by atoms with Gasteiger partial charge in [0, 0.05) is 22.1 Å². The van der Waals surface area contributed by atoms with Gasteiger partial charge in [0.2, 0.25) is 0 Å². The van der Waals surface area contributed by atoms with Crippen LogP contribution in [0.5, 0.6) is 0 Å². The molecule has 0 amide bonds. The van der Waals surface area contributed by atoms with Crippen LogP contribution in [0.25, 0.3) is 23.5 Å². The van der Waals surface area contributed by atoms with Gasteiger partial charge in [-0.3, -0.25) is 4.79 Å². The number of allylic oxidation sites excluding steroid dienone is 2. The van der Waals surface area contributed by atoms with Gasteiger partial charge < -0.3 is 14.4 Å². The number of carbonyl (C=O) groups is 1. The van der Waals surface area contributed by atoms with E-state index >= 15 is 0 Å². The summed E-state index contributed by atoms with van der Waals surface area (Å²) in [6.07, 6.45) is 8.46. The Kier molecular flexibility index (Phi) is 3.59. The van der Waals surface area contributed by atoms with E-state index in [0.717, 1.165) is 22.5 Å². The molecule has 4 heterocycles. The molecular formula is C23H22N2O4. The third-order valence-electron chi connectivity index (χ3n) is 6.14. The topological polar surface area (TPSA) is 81.4 Å². The highest BCUT2D eigenvalue weighted by Crippen LogP contribution is 2.39. The van der Waals surface area contributed by atoms with Gasteiger partial charge in [-0.05, 0) is 24.6 Å². The van der Waals surface area contributed by atoms with Gasteiger partial charge in [0.05, 0.1) is 29.2 Å². The molecule has 3 aliphatic rings. The van der Waals surface area contributed by atoms with Crippen LogP contribution in [-0.4, -0.2) is 20.6 Å². The van der Waals surface area contributed by atoms with Gasteiger partial charge in [-0.15, -0.1) is 0 Å². The van der Waals surface area contributed by atoms with Crippen molar-refractivity contribution in [3.8, 4) is 11.4 Å². The Balaban J connectivity index is 1.73. The fourth-order valence-corrected chi connectivity index (χ4v) is 4.27. The fourth-order valence-electron chi connectivity index (χ4n) is 4.27. The van der Waals surface area contributed by atoms with Crippen molar-refractivity contribution in [3.05, 3.63) is 62.6 Å². The van der Waals surface area contributed by atoms with E-state index in [2.05, 4.69) is 38.1 Å². The molecule has 148 valence electrons. The summed E-state index contributed by atoms with van der Waals surface area (Å²) in [5.74, 6) is -0.708. The minimum atomic E-state index is -1.80. The largest absolute Gasteiger partial charge is 0.458 e.